The van der Waals surface area contributed by atoms with Crippen LogP contribution in [0.3, 0.4) is 0 Å². The van der Waals surface area contributed by atoms with E-state index in [9.17, 15) is 4.79 Å². The van der Waals surface area contributed by atoms with Gasteiger partial charge in [0, 0.05) is 11.4 Å². The molecule has 1 heterocycles. The lowest BCUT2D eigenvalue weighted by Crippen LogP contribution is -2.11. The van der Waals surface area contributed by atoms with E-state index >= 15 is 0 Å². The number of rotatable bonds is 5. The summed E-state index contributed by atoms with van der Waals surface area (Å²) in [6.45, 7) is 1.75. The first-order valence-corrected chi connectivity index (χ1v) is 8.38. The molecule has 3 aromatic rings. The van der Waals surface area contributed by atoms with Crippen LogP contribution in [-0.4, -0.2) is 16.1 Å². The average molecular weight is 424 g/mol. The van der Waals surface area contributed by atoms with Crippen LogP contribution in [0.4, 0.5) is 0 Å². The Hall–Kier alpha value is -2.38. The summed E-state index contributed by atoms with van der Waals surface area (Å²) < 4.78 is 16.6. The molecule has 8 heteroatoms. The van der Waals surface area contributed by atoms with Gasteiger partial charge in [0.15, 0.2) is 6.61 Å². The number of nitrogens with zero attached hydrogens (tertiary/aromatic N) is 2. The van der Waals surface area contributed by atoms with Gasteiger partial charge in [0.05, 0.1) is 5.02 Å². The van der Waals surface area contributed by atoms with Gasteiger partial charge in [-0.25, -0.2) is 4.79 Å². The fraction of sp³-hybridized carbons (Fsp3) is 0.118. The topological polar surface area (TPSA) is 74.5 Å². The quantitative estimate of drug-likeness (QED) is 0.441. The maximum atomic E-state index is 12.5. The molecule has 0 atom stereocenters. The molecule has 2 aromatic carbocycles. The summed E-state index contributed by atoms with van der Waals surface area (Å²) in [5, 5.41) is 4.07. The van der Waals surface area contributed by atoms with Gasteiger partial charge in [-0.05, 0) is 30.3 Å². The van der Waals surface area contributed by atoms with Gasteiger partial charge < -0.3 is 14.0 Å². The second kappa shape index (κ2) is 7.67. The number of hydrogen-bond donors (Lipinski definition) is 0. The molecule has 0 aliphatic rings. The van der Waals surface area contributed by atoms with Crippen molar-refractivity contribution in [2.45, 2.75) is 13.5 Å². The molecule has 6 nitrogen and oxygen atoms in total. The Balaban J connectivity index is 1.76. The summed E-state index contributed by atoms with van der Waals surface area (Å²) >= 11 is 9.38. The lowest BCUT2D eigenvalue weighted by molar-refractivity contribution is 0.0729. The third kappa shape index (κ3) is 4.37. The van der Waals surface area contributed by atoms with Gasteiger partial charge in [-0.2, -0.15) is 4.98 Å². The molecule has 0 aliphatic heterocycles. The van der Waals surface area contributed by atoms with Crippen LogP contribution >= 0.6 is 27.5 Å². The van der Waals surface area contributed by atoms with Gasteiger partial charge in [0.25, 0.3) is 0 Å². The maximum Gasteiger partial charge on any atom is 0.347 e. The van der Waals surface area contributed by atoms with Crippen molar-refractivity contribution in [1.82, 2.24) is 10.1 Å². The van der Waals surface area contributed by atoms with Gasteiger partial charge >= 0.3 is 5.97 Å². The zero-order valence-electron chi connectivity index (χ0n) is 13.0. The van der Waals surface area contributed by atoms with Gasteiger partial charge in [-0.3, -0.25) is 0 Å². The van der Waals surface area contributed by atoms with Crippen molar-refractivity contribution in [2.24, 2.45) is 0 Å². The minimum absolute atomic E-state index is 0.0701. The Bertz CT molecular complexity index is 913. The number of benzene rings is 2. The first kappa shape index (κ1) is 17.4. The van der Waals surface area contributed by atoms with Gasteiger partial charge in [0.2, 0.25) is 11.7 Å². The van der Waals surface area contributed by atoms with Crippen LogP contribution in [0.25, 0.3) is 0 Å². The number of carbonyl (C=O) groups is 1. The Morgan fingerprint density at radius 2 is 2.04 bits per heavy atom. The molecule has 25 heavy (non-hydrogen) atoms. The van der Waals surface area contributed by atoms with E-state index < -0.39 is 5.97 Å². The molecule has 0 amide bonds. The molecule has 1 aromatic heterocycles. The van der Waals surface area contributed by atoms with Gasteiger partial charge in [-0.1, -0.05) is 44.8 Å². The highest BCUT2D eigenvalue weighted by molar-refractivity contribution is 9.10. The normalized spacial score (nSPS) is 10.5. The number of ether oxygens (including phenoxy) is 2. The second-order valence-electron chi connectivity index (χ2n) is 4.98. The fourth-order valence-corrected chi connectivity index (χ4v) is 2.73. The number of carbonyl (C=O) groups excluding carboxylic acids is 1. The van der Waals surface area contributed by atoms with Crippen LogP contribution in [0.1, 0.15) is 22.1 Å². The summed E-state index contributed by atoms with van der Waals surface area (Å²) in [5.41, 5.74) is 0.265. The number of esters is 1. The largest absolute Gasteiger partial charge is 0.485 e. The molecule has 0 spiro atoms. The van der Waals surface area contributed by atoms with Crippen LogP contribution < -0.4 is 9.47 Å². The van der Waals surface area contributed by atoms with Crippen LogP contribution in [0, 0.1) is 6.92 Å². The van der Waals surface area contributed by atoms with E-state index in [1.165, 1.54) is 0 Å². The highest BCUT2D eigenvalue weighted by atomic mass is 79.9. The maximum absolute atomic E-state index is 12.5. The van der Waals surface area contributed by atoms with Crippen LogP contribution in [0.2, 0.25) is 5.02 Å². The van der Waals surface area contributed by atoms with Crippen molar-refractivity contribution < 1.29 is 18.8 Å². The van der Waals surface area contributed by atoms with Crippen molar-refractivity contribution >= 4 is 33.5 Å². The van der Waals surface area contributed by atoms with E-state index in [4.69, 9.17) is 25.6 Å². The molecule has 0 unspecified atom stereocenters. The van der Waals surface area contributed by atoms with Crippen LogP contribution in [0.5, 0.6) is 11.5 Å². The number of para-hydroxylation sites is 1. The molecule has 0 N–H and O–H groups in total. The second-order valence-corrected chi connectivity index (χ2v) is 6.30. The van der Waals surface area contributed by atoms with Crippen LogP contribution in [0.15, 0.2) is 51.5 Å². The first-order valence-electron chi connectivity index (χ1n) is 7.21. The van der Waals surface area contributed by atoms with Gasteiger partial charge in [0.1, 0.15) is 17.1 Å². The molecule has 3 rings (SSSR count). The molecule has 0 radical (unpaired) electrons. The first-order chi connectivity index (χ1) is 12.0. The zero-order valence-corrected chi connectivity index (χ0v) is 15.4. The third-order valence-corrected chi connectivity index (χ3v) is 3.92. The zero-order chi connectivity index (χ0) is 17.8. The van der Waals surface area contributed by atoms with Gasteiger partial charge in [-0.15, -0.1) is 0 Å². The average Bonchev–Trinajstić information content (AvgIpc) is 3.01. The molecule has 0 saturated carbocycles. The molecular weight excluding hydrogens is 412 g/mol. The smallest absolute Gasteiger partial charge is 0.347 e. The van der Waals surface area contributed by atoms with E-state index in [2.05, 4.69) is 26.1 Å². The van der Waals surface area contributed by atoms with E-state index in [0.717, 1.165) is 4.47 Å². The Morgan fingerprint density at radius 1 is 1.24 bits per heavy atom. The summed E-state index contributed by atoms with van der Waals surface area (Å²) in [6, 6.07) is 11.7. The van der Waals surface area contributed by atoms with Crippen molar-refractivity contribution in [1.29, 1.82) is 0 Å². The summed E-state index contributed by atoms with van der Waals surface area (Å²) in [6.07, 6.45) is 0. The standard InChI is InChI=1S/C17H12BrClN2O4/c1-10-20-16(21-25-10)9-23-14-5-3-2-4-12(14)17(22)24-15-7-6-11(18)8-13(15)19/h2-8H,9H2,1H3. The lowest BCUT2D eigenvalue weighted by Gasteiger charge is -2.10. The predicted octanol–water partition coefficient (Wildman–Crippen LogP) is 4.59. The van der Waals surface area contributed by atoms with Crippen molar-refractivity contribution in [2.75, 3.05) is 0 Å². The summed E-state index contributed by atoms with van der Waals surface area (Å²) in [5.74, 6) is 0.860. The van der Waals surface area contributed by atoms with Crippen molar-refractivity contribution in [3.8, 4) is 11.5 Å². The SMILES string of the molecule is Cc1nc(COc2ccccc2C(=O)Oc2ccc(Br)cc2Cl)no1. The number of halogens is 2. The van der Waals surface area contributed by atoms with Crippen molar-refractivity contribution in [3.05, 3.63) is 69.2 Å². The monoisotopic (exact) mass is 422 g/mol. The Labute approximate surface area is 156 Å². The molecule has 128 valence electrons. The fourth-order valence-electron chi connectivity index (χ4n) is 2.02. The number of aryl methyl sites for hydroxylation is 1. The van der Waals surface area contributed by atoms with E-state index in [-0.39, 0.29) is 17.9 Å². The molecule has 0 bridgehead atoms. The van der Waals surface area contributed by atoms with Crippen molar-refractivity contribution in [3.63, 3.8) is 0 Å². The molecular formula is C17H12BrClN2O4. The molecule has 0 aliphatic carbocycles. The highest BCUT2D eigenvalue weighted by Gasteiger charge is 2.17. The molecule has 0 saturated heterocycles. The highest BCUT2D eigenvalue weighted by Crippen LogP contribution is 2.29. The lowest BCUT2D eigenvalue weighted by atomic mass is 10.2. The minimum Gasteiger partial charge on any atom is -0.485 e. The third-order valence-electron chi connectivity index (χ3n) is 3.13. The minimum atomic E-state index is -0.580. The van der Waals surface area contributed by atoms with E-state index in [1.807, 2.05) is 0 Å². The van der Waals surface area contributed by atoms with Crippen LogP contribution in [-0.2, 0) is 6.61 Å². The molecule has 0 fully saturated rings. The Morgan fingerprint density at radius 3 is 2.76 bits per heavy atom. The number of aromatic nitrogens is 2. The summed E-state index contributed by atoms with van der Waals surface area (Å²) in [4.78, 5) is 16.5. The van der Waals surface area contributed by atoms with E-state index in [1.54, 1.807) is 49.4 Å². The predicted molar refractivity (Wildman–Crippen MR) is 93.9 cm³/mol. The van der Waals surface area contributed by atoms with E-state index in [0.29, 0.717) is 22.5 Å². The Kier molecular flexibility index (Phi) is 5.35. The summed E-state index contributed by atoms with van der Waals surface area (Å²) in [7, 11) is 0. The number of hydrogen-bond acceptors (Lipinski definition) is 6.